The van der Waals surface area contributed by atoms with Gasteiger partial charge in [-0.2, -0.15) is 0 Å². The van der Waals surface area contributed by atoms with Crippen molar-refractivity contribution >= 4 is 39.2 Å². The van der Waals surface area contributed by atoms with Crippen LogP contribution in [0.5, 0.6) is 0 Å². The van der Waals surface area contributed by atoms with E-state index in [-0.39, 0.29) is 0 Å². The van der Waals surface area contributed by atoms with Crippen LogP contribution in [0, 0.1) is 0 Å². The number of hydrogen-bond donors (Lipinski definition) is 0. The third kappa shape index (κ3) is 17.5. The van der Waals surface area contributed by atoms with E-state index in [2.05, 4.69) is 63.1 Å². The summed E-state index contributed by atoms with van der Waals surface area (Å²) in [6, 6.07) is 5.81. The molecule has 0 aliphatic heterocycles. The van der Waals surface area contributed by atoms with Crippen molar-refractivity contribution in [3.05, 3.63) is 0 Å². The molecule has 0 bridgehead atoms. The summed E-state index contributed by atoms with van der Waals surface area (Å²) in [7, 11) is 2.39. The summed E-state index contributed by atoms with van der Waals surface area (Å²) in [6.45, 7) is 15.8. The van der Waals surface area contributed by atoms with Gasteiger partial charge in [-0.1, -0.05) is 152 Å². The van der Waals surface area contributed by atoms with Gasteiger partial charge in [0.15, 0.2) is 0 Å². The standard InChI is InChI=1S/C26H58O2S2Si2/c1-7-13-19-27-25(31(21-15-9-3)22-16-10-4)29-30-26(28-20-14-8-2)32(23-17-11-5)24-18-12-6/h25-26,31-32H,7-24H2,1-6H3. The average Bonchev–Trinajstić information content (AvgIpc) is 2.81. The van der Waals surface area contributed by atoms with Gasteiger partial charge < -0.3 is 9.47 Å². The monoisotopic (exact) mass is 522 g/mol. The molecule has 0 heterocycles. The van der Waals surface area contributed by atoms with Crippen molar-refractivity contribution in [2.24, 2.45) is 0 Å². The maximum Gasteiger partial charge on any atom is 0.0980 e. The Hall–Kier alpha value is 1.05. The van der Waals surface area contributed by atoms with Gasteiger partial charge in [0.1, 0.15) is 0 Å². The first-order chi connectivity index (χ1) is 15.7. The minimum absolute atomic E-state index is 0.467. The molecule has 2 nitrogen and oxygen atoms in total. The van der Waals surface area contributed by atoms with Gasteiger partial charge in [-0.05, 0) is 12.8 Å². The summed E-state index contributed by atoms with van der Waals surface area (Å²) < 4.78 is 13.2. The smallest absolute Gasteiger partial charge is 0.0980 e. The second-order valence-corrected chi connectivity index (χ2v) is 19.5. The normalized spacial score (nSPS) is 13.9. The molecule has 2 unspecified atom stereocenters. The average molecular weight is 523 g/mol. The van der Waals surface area contributed by atoms with Crippen LogP contribution in [-0.2, 0) is 9.47 Å². The Morgan fingerprint density at radius 2 is 0.750 bits per heavy atom. The van der Waals surface area contributed by atoms with E-state index in [9.17, 15) is 0 Å². The van der Waals surface area contributed by atoms with Gasteiger partial charge in [0.25, 0.3) is 0 Å². The molecule has 0 radical (unpaired) electrons. The number of ether oxygens (including phenoxy) is 2. The Bertz CT molecular complexity index is 328. The topological polar surface area (TPSA) is 18.5 Å². The lowest BCUT2D eigenvalue weighted by atomic mass is 10.4. The molecule has 0 amide bonds. The molecule has 0 rings (SSSR count). The van der Waals surface area contributed by atoms with Gasteiger partial charge >= 0.3 is 0 Å². The second-order valence-electron chi connectivity index (χ2n) is 9.47. The minimum atomic E-state index is -0.915. The first kappa shape index (κ1) is 33.1. The fraction of sp³-hybridized carbons (Fsp3) is 1.00. The van der Waals surface area contributed by atoms with Crippen LogP contribution in [0.3, 0.4) is 0 Å². The van der Waals surface area contributed by atoms with E-state index < -0.39 is 17.6 Å². The molecule has 0 aliphatic carbocycles. The summed E-state index contributed by atoms with van der Waals surface area (Å²) in [5, 5.41) is 0.933. The van der Waals surface area contributed by atoms with Crippen LogP contribution in [-0.4, -0.2) is 40.9 Å². The predicted molar refractivity (Wildman–Crippen MR) is 158 cm³/mol. The molecule has 0 aromatic heterocycles. The van der Waals surface area contributed by atoms with Crippen molar-refractivity contribution in [3.63, 3.8) is 0 Å². The summed E-state index contributed by atoms with van der Waals surface area (Å²) in [5.41, 5.74) is 0. The van der Waals surface area contributed by atoms with Crippen molar-refractivity contribution in [1.82, 2.24) is 0 Å². The molecule has 0 aromatic rings. The van der Waals surface area contributed by atoms with Gasteiger partial charge in [-0.15, -0.1) is 0 Å². The maximum absolute atomic E-state index is 6.62. The van der Waals surface area contributed by atoms with E-state index in [4.69, 9.17) is 9.47 Å². The van der Waals surface area contributed by atoms with Gasteiger partial charge in [0.2, 0.25) is 0 Å². The van der Waals surface area contributed by atoms with E-state index in [0.29, 0.717) is 10.1 Å². The molecule has 32 heavy (non-hydrogen) atoms. The third-order valence-corrected chi connectivity index (χ3v) is 19.4. The Kier molecular flexibility index (Phi) is 26.0. The highest BCUT2D eigenvalue weighted by Gasteiger charge is 2.29. The molecule has 0 spiro atoms. The number of hydrogen-bond acceptors (Lipinski definition) is 4. The number of unbranched alkanes of at least 4 members (excludes halogenated alkanes) is 6. The Balaban J connectivity index is 5.28. The quantitative estimate of drug-likeness (QED) is 0.0514. The van der Waals surface area contributed by atoms with Crippen LogP contribution >= 0.6 is 21.6 Å². The highest BCUT2D eigenvalue weighted by molar-refractivity contribution is 8.77. The fourth-order valence-electron chi connectivity index (χ4n) is 3.98. The van der Waals surface area contributed by atoms with E-state index in [1.165, 1.54) is 101 Å². The molecule has 2 atom stereocenters. The highest BCUT2D eigenvalue weighted by Crippen LogP contribution is 2.39. The van der Waals surface area contributed by atoms with Gasteiger partial charge in [-0.25, -0.2) is 0 Å². The van der Waals surface area contributed by atoms with Crippen molar-refractivity contribution in [3.8, 4) is 0 Å². The zero-order valence-electron chi connectivity index (χ0n) is 22.7. The largest absolute Gasteiger partial charge is 0.371 e. The summed E-state index contributed by atoms with van der Waals surface area (Å²) in [4.78, 5) is 0. The van der Waals surface area contributed by atoms with E-state index >= 15 is 0 Å². The lowest BCUT2D eigenvalue weighted by Crippen LogP contribution is -2.33. The molecule has 0 saturated heterocycles. The van der Waals surface area contributed by atoms with Crippen LogP contribution in [0.2, 0.25) is 24.2 Å². The highest BCUT2D eigenvalue weighted by atomic mass is 33.1. The van der Waals surface area contributed by atoms with Gasteiger partial charge in [-0.3, -0.25) is 0 Å². The zero-order chi connectivity index (χ0) is 23.9. The molecule has 0 saturated carbocycles. The molecule has 6 heteroatoms. The third-order valence-electron chi connectivity index (χ3n) is 6.29. The summed E-state index contributed by atoms with van der Waals surface area (Å²) in [6.07, 6.45) is 15.7. The summed E-state index contributed by atoms with van der Waals surface area (Å²) >= 11 is 0. The fourth-order valence-corrected chi connectivity index (χ4v) is 18.6. The first-order valence-corrected chi connectivity index (χ1v) is 21.1. The lowest BCUT2D eigenvalue weighted by Gasteiger charge is -2.30. The van der Waals surface area contributed by atoms with Crippen LogP contribution in [0.1, 0.15) is 119 Å². The maximum atomic E-state index is 6.62. The predicted octanol–water partition coefficient (Wildman–Crippen LogP) is 9.39. The minimum Gasteiger partial charge on any atom is -0.371 e. The van der Waals surface area contributed by atoms with Crippen LogP contribution in [0.25, 0.3) is 0 Å². The van der Waals surface area contributed by atoms with Crippen LogP contribution in [0.4, 0.5) is 0 Å². The van der Waals surface area contributed by atoms with Crippen molar-refractivity contribution in [2.75, 3.05) is 13.2 Å². The van der Waals surface area contributed by atoms with E-state index in [0.717, 1.165) is 13.2 Å². The molecule has 0 aliphatic rings. The lowest BCUT2D eigenvalue weighted by molar-refractivity contribution is 0.148. The van der Waals surface area contributed by atoms with Crippen LogP contribution < -0.4 is 0 Å². The molecular weight excluding hydrogens is 465 g/mol. The summed E-state index contributed by atoms with van der Waals surface area (Å²) in [5.74, 6) is 0. The van der Waals surface area contributed by atoms with Gasteiger partial charge in [0.05, 0.1) is 27.7 Å². The number of rotatable bonds is 25. The second kappa shape index (κ2) is 25.2. The molecule has 0 aromatic carbocycles. The van der Waals surface area contributed by atoms with E-state index in [1.54, 1.807) is 0 Å². The Labute approximate surface area is 214 Å². The molecule has 0 fully saturated rings. The van der Waals surface area contributed by atoms with Crippen molar-refractivity contribution in [2.45, 2.75) is 153 Å². The zero-order valence-corrected chi connectivity index (χ0v) is 26.6. The Morgan fingerprint density at radius 3 is 1.00 bits per heavy atom. The van der Waals surface area contributed by atoms with Crippen LogP contribution in [0.15, 0.2) is 0 Å². The first-order valence-electron chi connectivity index (χ1n) is 14.2. The molecular formula is C26H58O2S2Si2. The van der Waals surface area contributed by atoms with Crippen molar-refractivity contribution in [1.29, 1.82) is 0 Å². The van der Waals surface area contributed by atoms with Crippen molar-refractivity contribution < 1.29 is 9.47 Å². The molecule has 0 N–H and O–H groups in total. The van der Waals surface area contributed by atoms with E-state index in [1.807, 2.05) is 0 Å². The van der Waals surface area contributed by atoms with Gasteiger partial charge in [0, 0.05) is 13.2 Å². The molecule has 194 valence electrons. The Morgan fingerprint density at radius 1 is 0.469 bits per heavy atom. The SMILES string of the molecule is CCCCOC(SSC(OCCCC)[SiH](CCCC)CCCC)[SiH](CCCC)CCCC.